The number of carbonyl (C=O) groups is 1. The van der Waals surface area contributed by atoms with Crippen molar-refractivity contribution in [2.24, 2.45) is 4.99 Å². The predicted octanol–water partition coefficient (Wildman–Crippen LogP) is 2.89. The Kier molecular flexibility index (Phi) is 10.0. The van der Waals surface area contributed by atoms with E-state index in [1.54, 1.807) is 33.2 Å². The number of carbonyl (C=O) groups excluding carboxylic acids is 1. The minimum Gasteiger partial charge on any atom is -0.497 e. The molecule has 174 valence electrons. The number of benzene rings is 2. The minimum atomic E-state index is -0.376. The van der Waals surface area contributed by atoms with Crippen LogP contribution in [-0.4, -0.2) is 70.2 Å². The number of aryl methyl sites for hydroxylation is 1. The Hall–Kier alpha value is -2.56. The summed E-state index contributed by atoms with van der Waals surface area (Å²) in [5.74, 6) is 0.996. The molecule has 0 unspecified atom stereocenters. The maximum Gasteiger partial charge on any atom is 0.251 e. The van der Waals surface area contributed by atoms with Crippen LogP contribution in [0.1, 0.15) is 15.9 Å². The summed E-state index contributed by atoms with van der Waals surface area (Å²) in [5.41, 5.74) is 1.99. The van der Waals surface area contributed by atoms with Crippen molar-refractivity contribution in [3.05, 3.63) is 59.4 Å². The summed E-state index contributed by atoms with van der Waals surface area (Å²) < 4.78 is 19.0. The van der Waals surface area contributed by atoms with Crippen LogP contribution in [0.25, 0.3) is 0 Å². The van der Waals surface area contributed by atoms with Crippen molar-refractivity contribution in [1.29, 1.82) is 0 Å². The fourth-order valence-electron chi connectivity index (χ4n) is 3.50. The molecule has 1 fully saturated rings. The molecule has 9 heteroatoms. The molecule has 32 heavy (non-hydrogen) atoms. The number of methoxy groups -OCH3 is 1. The first kappa shape index (κ1) is 25.7. The highest BCUT2D eigenvalue weighted by atomic mass is 127. The van der Waals surface area contributed by atoms with Crippen molar-refractivity contribution in [3.63, 3.8) is 0 Å². The molecule has 7 nitrogen and oxygen atoms in total. The van der Waals surface area contributed by atoms with Gasteiger partial charge in [-0.2, -0.15) is 0 Å². The number of guanidine groups is 1. The third-order valence-electron chi connectivity index (χ3n) is 5.34. The van der Waals surface area contributed by atoms with E-state index in [0.29, 0.717) is 24.2 Å². The quantitative estimate of drug-likeness (QED) is 0.249. The number of halogens is 2. The van der Waals surface area contributed by atoms with Crippen LogP contribution in [0.2, 0.25) is 0 Å². The van der Waals surface area contributed by atoms with Gasteiger partial charge in [-0.1, -0.05) is 12.1 Å². The number of aliphatic imine (C=N–C) groups is 1. The number of anilines is 1. The number of hydrogen-bond donors (Lipinski definition) is 2. The van der Waals surface area contributed by atoms with Crippen molar-refractivity contribution < 1.29 is 13.9 Å². The van der Waals surface area contributed by atoms with E-state index in [1.165, 1.54) is 6.07 Å². The van der Waals surface area contributed by atoms with E-state index >= 15 is 0 Å². The molecule has 1 amide bonds. The van der Waals surface area contributed by atoms with Gasteiger partial charge < -0.3 is 25.2 Å². The number of amides is 1. The molecule has 0 atom stereocenters. The van der Waals surface area contributed by atoms with Gasteiger partial charge in [-0.05, 0) is 36.8 Å². The van der Waals surface area contributed by atoms with Crippen LogP contribution in [0, 0.1) is 12.7 Å². The lowest BCUT2D eigenvalue weighted by molar-refractivity contribution is 0.0953. The molecule has 1 heterocycles. The van der Waals surface area contributed by atoms with Crippen molar-refractivity contribution in [3.8, 4) is 5.75 Å². The zero-order chi connectivity index (χ0) is 22.2. The van der Waals surface area contributed by atoms with Crippen molar-refractivity contribution in [2.45, 2.75) is 6.92 Å². The first-order chi connectivity index (χ1) is 15.0. The molecule has 3 rings (SSSR count). The number of hydrogen-bond acceptors (Lipinski definition) is 4. The lowest BCUT2D eigenvalue weighted by atomic mass is 10.1. The van der Waals surface area contributed by atoms with Crippen molar-refractivity contribution in [1.82, 2.24) is 15.5 Å². The Morgan fingerprint density at radius 1 is 1.09 bits per heavy atom. The highest BCUT2D eigenvalue weighted by Gasteiger charge is 2.20. The van der Waals surface area contributed by atoms with E-state index < -0.39 is 0 Å². The van der Waals surface area contributed by atoms with Crippen LogP contribution in [0.15, 0.2) is 47.5 Å². The second-order valence-electron chi connectivity index (χ2n) is 7.37. The first-order valence-corrected chi connectivity index (χ1v) is 10.4. The molecule has 2 N–H and O–H groups in total. The molecule has 2 aromatic carbocycles. The number of rotatable bonds is 6. The third-order valence-corrected chi connectivity index (χ3v) is 5.34. The number of nitrogens with zero attached hydrogens (tertiary/aromatic N) is 3. The Morgan fingerprint density at radius 3 is 2.47 bits per heavy atom. The maximum absolute atomic E-state index is 13.6. The van der Waals surface area contributed by atoms with Crippen LogP contribution in [-0.2, 0) is 0 Å². The molecular weight excluding hydrogens is 524 g/mol. The van der Waals surface area contributed by atoms with E-state index in [2.05, 4.69) is 31.5 Å². The highest BCUT2D eigenvalue weighted by Crippen LogP contribution is 2.22. The van der Waals surface area contributed by atoms with Crippen LogP contribution < -0.4 is 20.3 Å². The van der Waals surface area contributed by atoms with Crippen molar-refractivity contribution >= 4 is 41.5 Å². The molecule has 0 bridgehead atoms. The fraction of sp³-hybridized carbons (Fsp3) is 0.391. The zero-order valence-electron chi connectivity index (χ0n) is 18.7. The molecule has 2 aromatic rings. The summed E-state index contributed by atoms with van der Waals surface area (Å²) in [6.45, 7) is 6.05. The van der Waals surface area contributed by atoms with Gasteiger partial charge in [-0.15, -0.1) is 24.0 Å². The molecule has 0 aliphatic carbocycles. The van der Waals surface area contributed by atoms with Gasteiger partial charge in [-0.3, -0.25) is 9.79 Å². The van der Waals surface area contributed by atoms with Gasteiger partial charge in [0.05, 0.1) is 7.11 Å². The van der Waals surface area contributed by atoms with Crippen molar-refractivity contribution in [2.75, 3.05) is 58.3 Å². The monoisotopic (exact) mass is 555 g/mol. The molecule has 0 aromatic heterocycles. The van der Waals surface area contributed by atoms with Gasteiger partial charge in [0.25, 0.3) is 5.91 Å². The van der Waals surface area contributed by atoms with Gasteiger partial charge in [-0.25, -0.2) is 4.39 Å². The van der Waals surface area contributed by atoms with E-state index in [4.69, 9.17) is 4.74 Å². The van der Waals surface area contributed by atoms with Crippen LogP contribution in [0.3, 0.4) is 0 Å². The third kappa shape index (κ3) is 6.72. The molecule has 0 radical (unpaired) electrons. The summed E-state index contributed by atoms with van der Waals surface area (Å²) in [6.07, 6.45) is 0. The first-order valence-electron chi connectivity index (χ1n) is 10.4. The summed E-state index contributed by atoms with van der Waals surface area (Å²) >= 11 is 0. The Labute approximate surface area is 206 Å². The SMILES string of the molecule is CN=C(NCCNC(=O)c1ccc(C)c(F)c1)N1CCN(c2cccc(OC)c2)CC1.I. The van der Waals surface area contributed by atoms with Gasteiger partial charge in [0.1, 0.15) is 11.6 Å². The minimum absolute atomic E-state index is 0. The fourth-order valence-corrected chi connectivity index (χ4v) is 3.50. The van der Waals surface area contributed by atoms with Gasteiger partial charge in [0.15, 0.2) is 5.96 Å². The number of ether oxygens (including phenoxy) is 1. The Balaban J connectivity index is 0.00000363. The molecule has 0 saturated carbocycles. The molecule has 0 spiro atoms. The van der Waals surface area contributed by atoms with E-state index in [9.17, 15) is 9.18 Å². The number of nitrogens with one attached hydrogen (secondary N) is 2. The molecule has 1 aliphatic rings. The van der Waals surface area contributed by atoms with Gasteiger partial charge in [0, 0.05) is 63.6 Å². The summed E-state index contributed by atoms with van der Waals surface area (Å²) in [5, 5.41) is 6.09. The van der Waals surface area contributed by atoms with E-state index in [1.807, 2.05) is 18.2 Å². The largest absolute Gasteiger partial charge is 0.497 e. The summed E-state index contributed by atoms with van der Waals surface area (Å²) in [7, 11) is 3.43. The smallest absolute Gasteiger partial charge is 0.251 e. The number of piperazine rings is 1. The lowest BCUT2D eigenvalue weighted by Gasteiger charge is -2.37. The summed E-state index contributed by atoms with van der Waals surface area (Å²) in [4.78, 5) is 21.1. The lowest BCUT2D eigenvalue weighted by Crippen LogP contribution is -2.53. The second kappa shape index (κ2) is 12.5. The van der Waals surface area contributed by atoms with E-state index in [0.717, 1.165) is 43.6 Å². The molecule has 1 saturated heterocycles. The normalized spacial score (nSPS) is 13.9. The average molecular weight is 555 g/mol. The van der Waals surface area contributed by atoms with Gasteiger partial charge >= 0.3 is 0 Å². The Morgan fingerprint density at radius 2 is 1.81 bits per heavy atom. The molecular formula is C23H31FIN5O2. The standard InChI is InChI=1S/C23H30FN5O2.HI/c1-17-7-8-18(15-21(17)24)22(30)26-9-10-27-23(25-2)29-13-11-28(12-14-29)19-5-4-6-20(16-19)31-3;/h4-8,15-16H,9-14H2,1-3H3,(H,25,27)(H,26,30);1H. The average Bonchev–Trinajstić information content (AvgIpc) is 2.81. The van der Waals surface area contributed by atoms with E-state index in [-0.39, 0.29) is 35.7 Å². The second-order valence-corrected chi connectivity index (χ2v) is 7.37. The highest BCUT2D eigenvalue weighted by molar-refractivity contribution is 14.0. The maximum atomic E-state index is 13.6. The van der Waals surface area contributed by atoms with Crippen LogP contribution in [0.5, 0.6) is 5.75 Å². The van der Waals surface area contributed by atoms with Gasteiger partial charge in [0.2, 0.25) is 0 Å². The Bertz CT molecular complexity index is 932. The van der Waals surface area contributed by atoms with Crippen LogP contribution in [0.4, 0.5) is 10.1 Å². The summed E-state index contributed by atoms with van der Waals surface area (Å²) in [6, 6.07) is 12.6. The van der Waals surface area contributed by atoms with Crippen LogP contribution >= 0.6 is 24.0 Å². The molecule has 1 aliphatic heterocycles. The predicted molar refractivity (Wildman–Crippen MR) is 137 cm³/mol. The topological polar surface area (TPSA) is 69.2 Å². The zero-order valence-corrected chi connectivity index (χ0v) is 21.1.